The van der Waals surface area contributed by atoms with Gasteiger partial charge in [-0.1, -0.05) is 13.3 Å². The molecule has 1 fully saturated rings. The fourth-order valence-electron chi connectivity index (χ4n) is 2.27. The molecular weight excluding hydrogens is 204 g/mol. The lowest BCUT2D eigenvalue weighted by Crippen LogP contribution is -2.26. The Labute approximate surface area is 97.2 Å². The second-order valence-electron chi connectivity index (χ2n) is 4.62. The Morgan fingerprint density at radius 2 is 2.25 bits per heavy atom. The Bertz CT molecular complexity index is 253. The average molecular weight is 226 g/mol. The molecule has 92 valence electrons. The zero-order valence-corrected chi connectivity index (χ0v) is 10.1. The van der Waals surface area contributed by atoms with Crippen LogP contribution in [0.15, 0.2) is 0 Å². The van der Waals surface area contributed by atoms with Gasteiger partial charge in [-0.05, 0) is 25.2 Å². The first kappa shape index (κ1) is 13.0. The third kappa shape index (κ3) is 4.21. The van der Waals surface area contributed by atoms with Gasteiger partial charge in [-0.2, -0.15) is 0 Å². The van der Waals surface area contributed by atoms with E-state index in [0.29, 0.717) is 18.8 Å². The van der Waals surface area contributed by atoms with Gasteiger partial charge in [-0.25, -0.2) is 0 Å². The van der Waals surface area contributed by atoms with E-state index >= 15 is 0 Å². The van der Waals surface area contributed by atoms with E-state index in [4.69, 9.17) is 5.73 Å². The Balaban J connectivity index is 2.17. The molecule has 2 amide bonds. The number of carbonyl (C=O) groups excluding carboxylic acids is 2. The lowest BCUT2D eigenvalue weighted by atomic mass is 10.0. The summed E-state index contributed by atoms with van der Waals surface area (Å²) in [4.78, 5) is 24.1. The number of hydrogen-bond acceptors (Lipinski definition) is 2. The van der Waals surface area contributed by atoms with Gasteiger partial charge in [0.15, 0.2) is 0 Å². The highest BCUT2D eigenvalue weighted by atomic mass is 16.2. The van der Waals surface area contributed by atoms with Crippen molar-refractivity contribution in [2.75, 3.05) is 13.1 Å². The molecule has 0 aromatic rings. The van der Waals surface area contributed by atoms with E-state index in [9.17, 15) is 9.59 Å². The minimum atomic E-state index is -0.253. The van der Waals surface area contributed by atoms with Gasteiger partial charge in [0.2, 0.25) is 11.8 Å². The molecule has 1 aliphatic rings. The van der Waals surface area contributed by atoms with Crippen molar-refractivity contribution in [1.82, 2.24) is 4.90 Å². The number of likely N-dealkylation sites (tertiary alicyclic amines) is 1. The van der Waals surface area contributed by atoms with Gasteiger partial charge >= 0.3 is 0 Å². The number of unbranched alkanes of at least 4 members (excludes halogenated alkanes) is 1. The maximum atomic E-state index is 11.6. The van der Waals surface area contributed by atoms with Crippen LogP contribution >= 0.6 is 0 Å². The van der Waals surface area contributed by atoms with Crippen LogP contribution in [0.2, 0.25) is 0 Å². The maximum Gasteiger partial charge on any atom is 0.222 e. The van der Waals surface area contributed by atoms with E-state index < -0.39 is 0 Å². The first-order valence-corrected chi connectivity index (χ1v) is 6.19. The van der Waals surface area contributed by atoms with E-state index in [1.54, 1.807) is 0 Å². The molecule has 1 unspecified atom stereocenters. The lowest BCUT2D eigenvalue weighted by molar-refractivity contribution is -0.127. The van der Waals surface area contributed by atoms with Gasteiger partial charge in [-0.3, -0.25) is 9.59 Å². The van der Waals surface area contributed by atoms with Crippen molar-refractivity contribution in [3.8, 4) is 0 Å². The third-order valence-corrected chi connectivity index (χ3v) is 3.09. The molecule has 0 bridgehead atoms. The number of hydrogen-bond donors (Lipinski definition) is 1. The largest absolute Gasteiger partial charge is 0.370 e. The molecule has 4 nitrogen and oxygen atoms in total. The van der Waals surface area contributed by atoms with Crippen LogP contribution in [0, 0.1) is 5.92 Å². The van der Waals surface area contributed by atoms with Crippen molar-refractivity contribution in [2.45, 2.75) is 45.4 Å². The van der Waals surface area contributed by atoms with E-state index in [0.717, 1.165) is 38.8 Å². The van der Waals surface area contributed by atoms with Gasteiger partial charge in [0.05, 0.1) is 0 Å². The number of amides is 2. The predicted molar refractivity (Wildman–Crippen MR) is 62.6 cm³/mol. The summed E-state index contributed by atoms with van der Waals surface area (Å²) in [6, 6.07) is 0. The molecule has 0 radical (unpaired) electrons. The van der Waals surface area contributed by atoms with E-state index in [2.05, 4.69) is 6.92 Å². The average Bonchev–Trinajstić information content (AvgIpc) is 2.54. The molecule has 16 heavy (non-hydrogen) atoms. The van der Waals surface area contributed by atoms with Crippen LogP contribution in [0.5, 0.6) is 0 Å². The fourth-order valence-corrected chi connectivity index (χ4v) is 2.27. The van der Waals surface area contributed by atoms with Crippen LogP contribution in [0.1, 0.15) is 45.4 Å². The molecular formula is C12H22N2O2. The summed E-state index contributed by atoms with van der Waals surface area (Å²) in [6.07, 6.45) is 5.10. The second kappa shape index (κ2) is 6.51. The smallest absolute Gasteiger partial charge is 0.222 e. The summed E-state index contributed by atoms with van der Waals surface area (Å²) in [7, 11) is 0. The summed E-state index contributed by atoms with van der Waals surface area (Å²) in [5, 5.41) is 0. The topological polar surface area (TPSA) is 63.4 Å². The molecule has 0 saturated carbocycles. The molecule has 0 aromatic carbocycles. The molecule has 0 spiro atoms. The summed E-state index contributed by atoms with van der Waals surface area (Å²) < 4.78 is 0. The van der Waals surface area contributed by atoms with Crippen molar-refractivity contribution in [1.29, 1.82) is 0 Å². The molecule has 1 atom stereocenters. The van der Waals surface area contributed by atoms with Gasteiger partial charge < -0.3 is 10.6 Å². The molecule has 0 aliphatic carbocycles. The van der Waals surface area contributed by atoms with Crippen molar-refractivity contribution in [2.24, 2.45) is 11.7 Å². The fraction of sp³-hybridized carbons (Fsp3) is 0.833. The van der Waals surface area contributed by atoms with Crippen LogP contribution in [-0.2, 0) is 9.59 Å². The zero-order valence-electron chi connectivity index (χ0n) is 10.1. The Hall–Kier alpha value is -1.06. The molecule has 1 aliphatic heterocycles. The van der Waals surface area contributed by atoms with Crippen molar-refractivity contribution in [3.63, 3.8) is 0 Å². The SMILES string of the molecule is CCCC1CC(=O)N(CCCCC(N)=O)C1. The van der Waals surface area contributed by atoms with Crippen LogP contribution in [0.4, 0.5) is 0 Å². The number of rotatable bonds is 7. The molecule has 2 N–H and O–H groups in total. The first-order valence-electron chi connectivity index (χ1n) is 6.19. The van der Waals surface area contributed by atoms with Crippen molar-refractivity contribution >= 4 is 11.8 Å². The highest BCUT2D eigenvalue weighted by Crippen LogP contribution is 2.22. The highest BCUT2D eigenvalue weighted by Gasteiger charge is 2.27. The maximum absolute atomic E-state index is 11.6. The van der Waals surface area contributed by atoms with Crippen molar-refractivity contribution < 1.29 is 9.59 Å². The highest BCUT2D eigenvalue weighted by molar-refractivity contribution is 5.78. The normalized spacial score (nSPS) is 20.4. The number of nitrogens with two attached hydrogens (primary N) is 1. The van der Waals surface area contributed by atoms with Crippen LogP contribution in [0.25, 0.3) is 0 Å². The summed E-state index contributed by atoms with van der Waals surface area (Å²) in [6.45, 7) is 3.84. The quantitative estimate of drug-likeness (QED) is 0.665. The van der Waals surface area contributed by atoms with Crippen LogP contribution in [-0.4, -0.2) is 29.8 Å². The Morgan fingerprint density at radius 3 is 2.88 bits per heavy atom. The van der Waals surface area contributed by atoms with Crippen LogP contribution in [0.3, 0.4) is 0 Å². The van der Waals surface area contributed by atoms with Gasteiger partial charge in [0.25, 0.3) is 0 Å². The Morgan fingerprint density at radius 1 is 1.50 bits per heavy atom. The van der Waals surface area contributed by atoms with Crippen molar-refractivity contribution in [3.05, 3.63) is 0 Å². The number of nitrogens with zero attached hydrogens (tertiary/aromatic N) is 1. The summed E-state index contributed by atoms with van der Waals surface area (Å²) >= 11 is 0. The monoisotopic (exact) mass is 226 g/mol. The molecule has 1 heterocycles. The van der Waals surface area contributed by atoms with E-state index in [-0.39, 0.29) is 11.8 Å². The minimum Gasteiger partial charge on any atom is -0.370 e. The molecule has 1 rings (SSSR count). The van der Waals surface area contributed by atoms with E-state index in [1.165, 1.54) is 0 Å². The van der Waals surface area contributed by atoms with Gasteiger partial charge in [-0.15, -0.1) is 0 Å². The van der Waals surface area contributed by atoms with Gasteiger partial charge in [0.1, 0.15) is 0 Å². The number of primary amides is 1. The minimum absolute atomic E-state index is 0.253. The predicted octanol–water partition coefficient (Wildman–Crippen LogP) is 1.29. The number of carbonyl (C=O) groups is 2. The second-order valence-corrected chi connectivity index (χ2v) is 4.62. The van der Waals surface area contributed by atoms with Gasteiger partial charge in [0, 0.05) is 25.9 Å². The Kier molecular flexibility index (Phi) is 5.29. The summed E-state index contributed by atoms with van der Waals surface area (Å²) in [5.74, 6) is 0.572. The van der Waals surface area contributed by atoms with E-state index in [1.807, 2.05) is 4.90 Å². The standard InChI is InChI=1S/C12H22N2O2/c1-2-5-10-8-12(16)14(9-10)7-4-3-6-11(13)15/h10H,2-9H2,1H3,(H2,13,15). The van der Waals surface area contributed by atoms with Crippen LogP contribution < -0.4 is 5.73 Å². The molecule has 0 aromatic heterocycles. The zero-order chi connectivity index (χ0) is 12.0. The molecule has 4 heteroatoms. The summed E-state index contributed by atoms with van der Waals surface area (Å²) in [5.41, 5.74) is 5.06. The molecule has 1 saturated heterocycles. The lowest BCUT2D eigenvalue weighted by Gasteiger charge is -2.16. The first-order chi connectivity index (χ1) is 7.63. The third-order valence-electron chi connectivity index (χ3n) is 3.09.